The molecule has 1 aliphatic rings. The summed E-state index contributed by atoms with van der Waals surface area (Å²) in [5.41, 5.74) is 2.95. The van der Waals surface area contributed by atoms with Gasteiger partial charge in [0, 0.05) is 25.7 Å². The van der Waals surface area contributed by atoms with Crippen LogP contribution in [0.25, 0.3) is 6.08 Å². The highest BCUT2D eigenvalue weighted by atomic mass is 16.2. The number of benzene rings is 1. The van der Waals surface area contributed by atoms with Crippen LogP contribution in [-0.4, -0.2) is 34.2 Å². The maximum atomic E-state index is 12.6. The summed E-state index contributed by atoms with van der Waals surface area (Å²) in [5.74, 6) is 0.401. The molecule has 1 saturated heterocycles. The number of hydrogen-bond acceptors (Lipinski definition) is 3. The molecule has 1 aliphatic heterocycles. The van der Waals surface area contributed by atoms with Crippen molar-refractivity contribution in [3.8, 4) is 0 Å². The number of nitrogens with zero attached hydrogens (tertiary/aromatic N) is 3. The van der Waals surface area contributed by atoms with E-state index in [-0.39, 0.29) is 11.8 Å². The standard InChI is InChI=1S/C19H22N4O2/c1-13-5-4-6-15(11-13)7-8-17(24)20-16-9-10-23(19(16)25)18-12-14(2)21-22(18)3/h4-8,11-12,16H,9-10H2,1-3H3,(H,20,24). The van der Waals surface area contributed by atoms with Gasteiger partial charge in [0.2, 0.25) is 5.91 Å². The van der Waals surface area contributed by atoms with Gasteiger partial charge in [-0.1, -0.05) is 29.8 Å². The van der Waals surface area contributed by atoms with Crippen LogP contribution in [0, 0.1) is 13.8 Å². The molecule has 2 amide bonds. The van der Waals surface area contributed by atoms with Crippen molar-refractivity contribution in [3.05, 3.63) is 53.2 Å². The molecule has 1 N–H and O–H groups in total. The highest BCUT2D eigenvalue weighted by Crippen LogP contribution is 2.22. The van der Waals surface area contributed by atoms with E-state index < -0.39 is 6.04 Å². The Labute approximate surface area is 147 Å². The van der Waals surface area contributed by atoms with Gasteiger partial charge in [0.15, 0.2) is 0 Å². The summed E-state index contributed by atoms with van der Waals surface area (Å²) in [6.07, 6.45) is 3.82. The number of amides is 2. The summed E-state index contributed by atoms with van der Waals surface area (Å²) in [6, 6.07) is 9.26. The topological polar surface area (TPSA) is 67.2 Å². The van der Waals surface area contributed by atoms with Crippen LogP contribution in [0.5, 0.6) is 0 Å². The third-order valence-electron chi connectivity index (χ3n) is 4.25. The molecule has 1 unspecified atom stereocenters. The Morgan fingerprint density at radius 1 is 1.32 bits per heavy atom. The fourth-order valence-electron chi connectivity index (χ4n) is 3.06. The molecule has 130 valence electrons. The maximum Gasteiger partial charge on any atom is 0.250 e. The molecule has 0 aliphatic carbocycles. The van der Waals surface area contributed by atoms with Crippen molar-refractivity contribution in [3.63, 3.8) is 0 Å². The van der Waals surface area contributed by atoms with E-state index in [1.807, 2.05) is 51.2 Å². The van der Waals surface area contributed by atoms with Gasteiger partial charge in [-0.3, -0.25) is 19.2 Å². The minimum Gasteiger partial charge on any atom is -0.341 e. The van der Waals surface area contributed by atoms with E-state index in [0.29, 0.717) is 13.0 Å². The second-order valence-corrected chi connectivity index (χ2v) is 6.35. The molecule has 1 aromatic carbocycles. The molecule has 0 radical (unpaired) electrons. The van der Waals surface area contributed by atoms with Crippen LogP contribution in [0.2, 0.25) is 0 Å². The van der Waals surface area contributed by atoms with Gasteiger partial charge in [-0.25, -0.2) is 0 Å². The van der Waals surface area contributed by atoms with Gasteiger partial charge in [-0.2, -0.15) is 5.10 Å². The molecule has 25 heavy (non-hydrogen) atoms. The third-order valence-corrected chi connectivity index (χ3v) is 4.25. The van der Waals surface area contributed by atoms with Gasteiger partial charge < -0.3 is 5.32 Å². The largest absolute Gasteiger partial charge is 0.341 e. The lowest BCUT2D eigenvalue weighted by Crippen LogP contribution is -2.41. The average molecular weight is 338 g/mol. The first kappa shape index (κ1) is 17.0. The number of aryl methyl sites for hydroxylation is 3. The predicted molar refractivity (Wildman–Crippen MR) is 97.1 cm³/mol. The van der Waals surface area contributed by atoms with Gasteiger partial charge >= 0.3 is 0 Å². The molecule has 6 heteroatoms. The first-order chi connectivity index (χ1) is 11.9. The van der Waals surface area contributed by atoms with E-state index in [2.05, 4.69) is 10.4 Å². The Morgan fingerprint density at radius 3 is 2.80 bits per heavy atom. The van der Waals surface area contributed by atoms with E-state index >= 15 is 0 Å². The SMILES string of the molecule is Cc1cccc(C=CC(=O)NC2CCN(c3cc(C)nn3C)C2=O)c1. The van der Waals surface area contributed by atoms with E-state index in [1.54, 1.807) is 15.7 Å². The zero-order chi connectivity index (χ0) is 18.0. The highest BCUT2D eigenvalue weighted by Gasteiger charge is 2.34. The predicted octanol–water partition coefficient (Wildman–Crippen LogP) is 1.97. The van der Waals surface area contributed by atoms with Crippen LogP contribution in [0.4, 0.5) is 5.82 Å². The molecule has 0 spiro atoms. The third kappa shape index (κ3) is 3.79. The smallest absolute Gasteiger partial charge is 0.250 e. The van der Waals surface area contributed by atoms with Crippen LogP contribution in [-0.2, 0) is 16.6 Å². The quantitative estimate of drug-likeness (QED) is 0.867. The Morgan fingerprint density at radius 2 is 2.12 bits per heavy atom. The zero-order valence-electron chi connectivity index (χ0n) is 14.7. The normalized spacial score (nSPS) is 17.5. The number of aromatic nitrogens is 2. The molecule has 1 fully saturated rings. The van der Waals surface area contributed by atoms with Crippen molar-refractivity contribution >= 4 is 23.7 Å². The fourth-order valence-corrected chi connectivity index (χ4v) is 3.06. The van der Waals surface area contributed by atoms with Gasteiger partial charge in [0.1, 0.15) is 11.9 Å². The van der Waals surface area contributed by atoms with E-state index in [9.17, 15) is 9.59 Å². The van der Waals surface area contributed by atoms with Crippen molar-refractivity contribution in [1.82, 2.24) is 15.1 Å². The summed E-state index contributed by atoms with van der Waals surface area (Å²) in [4.78, 5) is 26.4. The van der Waals surface area contributed by atoms with Crippen molar-refractivity contribution < 1.29 is 9.59 Å². The zero-order valence-corrected chi connectivity index (χ0v) is 14.7. The number of anilines is 1. The first-order valence-electron chi connectivity index (χ1n) is 8.31. The Bertz CT molecular complexity index is 838. The lowest BCUT2D eigenvalue weighted by molar-refractivity contribution is -0.123. The van der Waals surface area contributed by atoms with E-state index in [0.717, 1.165) is 22.6 Å². The molecular weight excluding hydrogens is 316 g/mol. The summed E-state index contributed by atoms with van der Waals surface area (Å²) < 4.78 is 1.69. The Kier molecular flexibility index (Phi) is 4.70. The molecule has 2 heterocycles. The molecule has 0 saturated carbocycles. The van der Waals surface area contributed by atoms with Crippen molar-refractivity contribution in [2.45, 2.75) is 26.3 Å². The molecule has 0 bridgehead atoms. The summed E-state index contributed by atoms with van der Waals surface area (Å²) >= 11 is 0. The van der Waals surface area contributed by atoms with Gasteiger partial charge in [0.05, 0.1) is 5.69 Å². The van der Waals surface area contributed by atoms with Crippen LogP contribution in [0.15, 0.2) is 36.4 Å². The summed E-state index contributed by atoms with van der Waals surface area (Å²) in [6.45, 7) is 4.47. The molecular formula is C19H22N4O2. The lowest BCUT2D eigenvalue weighted by atomic mass is 10.1. The second-order valence-electron chi connectivity index (χ2n) is 6.35. The summed E-state index contributed by atoms with van der Waals surface area (Å²) in [7, 11) is 1.81. The van der Waals surface area contributed by atoms with Crippen molar-refractivity contribution in [1.29, 1.82) is 0 Å². The van der Waals surface area contributed by atoms with Crippen LogP contribution in [0.3, 0.4) is 0 Å². The van der Waals surface area contributed by atoms with Crippen LogP contribution in [0.1, 0.15) is 23.2 Å². The molecule has 2 aromatic rings. The van der Waals surface area contributed by atoms with Gasteiger partial charge in [0.25, 0.3) is 5.91 Å². The minimum atomic E-state index is -0.495. The van der Waals surface area contributed by atoms with Crippen molar-refractivity contribution in [2.75, 3.05) is 11.4 Å². The Balaban J connectivity index is 1.63. The number of rotatable bonds is 4. The molecule has 6 nitrogen and oxygen atoms in total. The molecule has 1 aromatic heterocycles. The minimum absolute atomic E-state index is 0.0969. The van der Waals surface area contributed by atoms with E-state index in [1.165, 1.54) is 6.08 Å². The van der Waals surface area contributed by atoms with E-state index in [4.69, 9.17) is 0 Å². The number of nitrogens with one attached hydrogen (secondary N) is 1. The number of carbonyl (C=O) groups is 2. The monoisotopic (exact) mass is 338 g/mol. The second kappa shape index (κ2) is 6.93. The molecule has 1 atom stereocenters. The fraction of sp³-hybridized carbons (Fsp3) is 0.316. The van der Waals surface area contributed by atoms with Crippen molar-refractivity contribution in [2.24, 2.45) is 7.05 Å². The first-order valence-corrected chi connectivity index (χ1v) is 8.31. The summed E-state index contributed by atoms with van der Waals surface area (Å²) in [5, 5.41) is 7.06. The van der Waals surface area contributed by atoms with Crippen LogP contribution >= 0.6 is 0 Å². The number of carbonyl (C=O) groups excluding carboxylic acids is 2. The molecule has 3 rings (SSSR count). The lowest BCUT2D eigenvalue weighted by Gasteiger charge is -2.16. The maximum absolute atomic E-state index is 12.6. The van der Waals surface area contributed by atoms with Gasteiger partial charge in [-0.05, 0) is 31.9 Å². The van der Waals surface area contributed by atoms with Crippen LogP contribution < -0.4 is 10.2 Å². The average Bonchev–Trinajstić information content (AvgIpc) is 3.08. The van der Waals surface area contributed by atoms with Gasteiger partial charge in [-0.15, -0.1) is 0 Å². The Hall–Kier alpha value is -2.89. The highest BCUT2D eigenvalue weighted by molar-refractivity contribution is 6.02. The number of hydrogen-bond donors (Lipinski definition) is 1.